The van der Waals surface area contributed by atoms with Gasteiger partial charge in [-0.1, -0.05) is 24.3 Å². The molecule has 152 valence electrons. The molecule has 2 aromatic carbocycles. The molecular formula is C26H16N4S2. The van der Waals surface area contributed by atoms with E-state index in [1.54, 1.807) is 29.0 Å². The molecule has 0 saturated carbocycles. The number of rotatable bonds is 2. The van der Waals surface area contributed by atoms with Gasteiger partial charge in [0.15, 0.2) is 0 Å². The van der Waals surface area contributed by atoms with Gasteiger partial charge in [-0.05, 0) is 52.8 Å². The van der Waals surface area contributed by atoms with Crippen LogP contribution in [0.2, 0.25) is 0 Å². The Morgan fingerprint density at radius 1 is 0.781 bits per heavy atom. The molecule has 4 nitrogen and oxygen atoms in total. The van der Waals surface area contributed by atoms with E-state index < -0.39 is 0 Å². The average molecular weight is 449 g/mol. The highest BCUT2D eigenvalue weighted by atomic mass is 32.1. The normalized spacial score (nSPS) is 19.6. The average Bonchev–Trinajstić information content (AvgIpc) is 3.40. The number of fused-ring (bicyclic) bond motifs is 3. The molecule has 6 heteroatoms. The van der Waals surface area contributed by atoms with Crippen molar-refractivity contribution >= 4 is 72.3 Å². The summed E-state index contributed by atoms with van der Waals surface area (Å²) in [7, 11) is 0. The van der Waals surface area contributed by atoms with Crippen molar-refractivity contribution in [2.24, 2.45) is 25.9 Å². The second-order valence-electron chi connectivity index (χ2n) is 7.96. The SMILES string of the molecule is C1=NC2=NC(c3cccc4sccc34)=CC3=CC(c4cccc5sccc45)=NC(=N1)C3C2. The molecule has 0 amide bonds. The van der Waals surface area contributed by atoms with Crippen molar-refractivity contribution in [1.82, 2.24) is 0 Å². The lowest BCUT2D eigenvalue weighted by Gasteiger charge is -2.21. The number of benzene rings is 2. The van der Waals surface area contributed by atoms with Gasteiger partial charge in [0.1, 0.15) is 18.0 Å². The highest BCUT2D eigenvalue weighted by Crippen LogP contribution is 2.37. The van der Waals surface area contributed by atoms with E-state index >= 15 is 0 Å². The Morgan fingerprint density at radius 3 is 2.34 bits per heavy atom. The smallest absolute Gasteiger partial charge is 0.138 e. The molecule has 1 unspecified atom stereocenters. The number of thiophene rings is 2. The van der Waals surface area contributed by atoms with Crippen LogP contribution in [0.3, 0.4) is 0 Å². The maximum absolute atomic E-state index is 4.98. The van der Waals surface area contributed by atoms with Crippen LogP contribution in [0.5, 0.6) is 0 Å². The van der Waals surface area contributed by atoms with Gasteiger partial charge in [0.25, 0.3) is 0 Å². The molecule has 0 radical (unpaired) electrons. The molecule has 0 spiro atoms. The molecule has 0 N–H and O–H groups in total. The molecule has 1 atom stereocenters. The Balaban J connectivity index is 1.45. The van der Waals surface area contributed by atoms with Crippen molar-refractivity contribution < 1.29 is 0 Å². The zero-order chi connectivity index (χ0) is 21.1. The Bertz CT molecular complexity index is 1610. The fourth-order valence-electron chi connectivity index (χ4n) is 4.62. The summed E-state index contributed by atoms with van der Waals surface area (Å²) in [6, 6.07) is 17.2. The van der Waals surface area contributed by atoms with Crippen molar-refractivity contribution in [2.75, 3.05) is 0 Å². The first-order valence-corrected chi connectivity index (χ1v) is 12.2. The Hall–Kier alpha value is -3.48. The second kappa shape index (κ2) is 7.02. The maximum Gasteiger partial charge on any atom is 0.138 e. The molecule has 2 bridgehead atoms. The van der Waals surface area contributed by atoms with Crippen molar-refractivity contribution in [3.63, 3.8) is 0 Å². The Labute approximate surface area is 192 Å². The summed E-state index contributed by atoms with van der Waals surface area (Å²) in [5.41, 5.74) is 5.36. The zero-order valence-electron chi connectivity index (χ0n) is 16.9. The third kappa shape index (κ3) is 2.80. The van der Waals surface area contributed by atoms with Crippen LogP contribution in [0.25, 0.3) is 25.9 Å². The van der Waals surface area contributed by atoms with Crippen LogP contribution in [0, 0.1) is 5.92 Å². The first-order valence-electron chi connectivity index (χ1n) is 10.5. The van der Waals surface area contributed by atoms with Crippen LogP contribution >= 0.6 is 22.7 Å². The van der Waals surface area contributed by atoms with Gasteiger partial charge in [-0.2, -0.15) is 0 Å². The van der Waals surface area contributed by atoms with E-state index in [1.165, 1.54) is 25.7 Å². The number of amidine groups is 2. The minimum absolute atomic E-state index is 0.0702. The molecule has 0 saturated heterocycles. The Morgan fingerprint density at radius 2 is 1.53 bits per heavy atom. The molecule has 32 heavy (non-hydrogen) atoms. The number of allylic oxidation sites excluding steroid dienone is 2. The van der Waals surface area contributed by atoms with Crippen molar-refractivity contribution in [2.45, 2.75) is 6.42 Å². The van der Waals surface area contributed by atoms with Gasteiger partial charge in [0.2, 0.25) is 0 Å². The first kappa shape index (κ1) is 18.1. The fraction of sp³-hybridized carbons (Fsp3) is 0.0769. The van der Waals surface area contributed by atoms with Gasteiger partial charge in [0.05, 0.1) is 17.3 Å². The predicted molar refractivity (Wildman–Crippen MR) is 138 cm³/mol. The largest absolute Gasteiger partial charge is 0.233 e. The summed E-state index contributed by atoms with van der Waals surface area (Å²) in [5, 5.41) is 6.73. The summed E-state index contributed by atoms with van der Waals surface area (Å²) in [5.74, 6) is 1.68. The van der Waals surface area contributed by atoms with Crippen LogP contribution in [0.15, 0.2) is 97.0 Å². The summed E-state index contributed by atoms with van der Waals surface area (Å²) in [6.45, 7) is 0. The Kier molecular flexibility index (Phi) is 3.97. The molecule has 2 aromatic heterocycles. The standard InChI is InChI=1S/C26H16N4S2/c1-3-16(18-7-9-31-23(18)5-1)21-11-15-12-22(17-4-2-6-24-19(17)8-10-32-24)30-26-20(15)13-25(29-21)27-14-28-26/h1-12,14,20H,13H2. The van der Waals surface area contributed by atoms with Gasteiger partial charge in [-0.15, -0.1) is 22.7 Å². The van der Waals surface area contributed by atoms with Crippen LogP contribution in [0.4, 0.5) is 0 Å². The molecular weight excluding hydrogens is 432 g/mol. The predicted octanol–water partition coefficient (Wildman–Crippen LogP) is 6.75. The third-order valence-corrected chi connectivity index (χ3v) is 7.90. The molecule has 7 rings (SSSR count). The van der Waals surface area contributed by atoms with Gasteiger partial charge in [-0.25, -0.2) is 20.0 Å². The molecule has 5 heterocycles. The molecule has 0 aliphatic carbocycles. The van der Waals surface area contributed by atoms with E-state index in [9.17, 15) is 0 Å². The van der Waals surface area contributed by atoms with Crippen LogP contribution in [0.1, 0.15) is 17.5 Å². The summed E-state index contributed by atoms with van der Waals surface area (Å²) in [6.07, 6.45) is 6.74. The molecule has 4 aromatic rings. The second-order valence-corrected chi connectivity index (χ2v) is 9.86. The third-order valence-electron chi connectivity index (χ3n) is 6.13. The van der Waals surface area contributed by atoms with Crippen molar-refractivity contribution in [3.05, 3.63) is 88.1 Å². The van der Waals surface area contributed by atoms with Crippen molar-refractivity contribution in [1.29, 1.82) is 0 Å². The number of aliphatic imine (C=N–C) groups is 4. The van der Waals surface area contributed by atoms with Crippen molar-refractivity contribution in [3.8, 4) is 0 Å². The number of nitrogens with zero attached hydrogens (tertiary/aromatic N) is 4. The quantitative estimate of drug-likeness (QED) is 0.326. The van der Waals surface area contributed by atoms with E-state index in [0.717, 1.165) is 34.2 Å². The lowest BCUT2D eigenvalue weighted by Crippen LogP contribution is -2.22. The van der Waals surface area contributed by atoms with E-state index in [-0.39, 0.29) is 5.92 Å². The lowest BCUT2D eigenvalue weighted by molar-refractivity contribution is 0.862. The minimum Gasteiger partial charge on any atom is -0.233 e. The van der Waals surface area contributed by atoms with Crippen LogP contribution < -0.4 is 0 Å². The van der Waals surface area contributed by atoms with E-state index in [1.807, 2.05) is 0 Å². The zero-order valence-corrected chi connectivity index (χ0v) is 18.5. The number of hydrogen-bond acceptors (Lipinski definition) is 6. The molecule has 0 fully saturated rings. The number of hydrogen-bond donors (Lipinski definition) is 0. The summed E-state index contributed by atoms with van der Waals surface area (Å²) >= 11 is 3.51. The summed E-state index contributed by atoms with van der Waals surface area (Å²) in [4.78, 5) is 19.1. The maximum atomic E-state index is 4.98. The first-order chi connectivity index (χ1) is 15.8. The van der Waals surface area contributed by atoms with E-state index in [4.69, 9.17) is 9.98 Å². The molecule has 3 aliphatic rings. The van der Waals surface area contributed by atoms with E-state index in [2.05, 4.69) is 81.4 Å². The highest BCUT2D eigenvalue weighted by molar-refractivity contribution is 7.17. The summed E-state index contributed by atoms with van der Waals surface area (Å²) < 4.78 is 2.53. The van der Waals surface area contributed by atoms with Gasteiger partial charge >= 0.3 is 0 Å². The van der Waals surface area contributed by atoms with E-state index in [0.29, 0.717) is 6.42 Å². The molecule has 3 aliphatic heterocycles. The minimum atomic E-state index is 0.0702. The lowest BCUT2D eigenvalue weighted by atomic mass is 9.88. The van der Waals surface area contributed by atoms with Gasteiger partial charge < -0.3 is 0 Å². The van der Waals surface area contributed by atoms with Crippen LogP contribution in [-0.4, -0.2) is 23.7 Å². The topological polar surface area (TPSA) is 49.4 Å². The van der Waals surface area contributed by atoms with Gasteiger partial charge in [0, 0.05) is 37.7 Å². The highest BCUT2D eigenvalue weighted by Gasteiger charge is 2.30. The fourth-order valence-corrected chi connectivity index (χ4v) is 6.24. The van der Waals surface area contributed by atoms with Crippen LogP contribution in [-0.2, 0) is 0 Å². The number of dihydropyridines is 1. The monoisotopic (exact) mass is 448 g/mol. The van der Waals surface area contributed by atoms with Gasteiger partial charge in [-0.3, -0.25) is 0 Å².